The Bertz CT molecular complexity index is 1060. The van der Waals surface area contributed by atoms with Gasteiger partial charge in [-0.3, -0.25) is 4.79 Å². The number of esters is 1. The fourth-order valence-electron chi connectivity index (χ4n) is 2.72. The molecular formula is C25H26N2O5. The molecule has 0 saturated heterocycles. The Hall–Kier alpha value is -4.05. The molecular weight excluding hydrogens is 408 g/mol. The zero-order chi connectivity index (χ0) is 23.5. The number of nitrogens with zero attached hydrogens (tertiary/aromatic N) is 1. The maximum atomic E-state index is 12.3. The lowest BCUT2D eigenvalue weighted by atomic mass is 10.1. The molecule has 0 atom stereocenters. The summed E-state index contributed by atoms with van der Waals surface area (Å²) >= 11 is 0. The van der Waals surface area contributed by atoms with Crippen LogP contribution in [-0.2, 0) is 9.59 Å². The van der Waals surface area contributed by atoms with Crippen molar-refractivity contribution in [3.05, 3.63) is 65.2 Å². The summed E-state index contributed by atoms with van der Waals surface area (Å²) in [6.45, 7) is 6.02. The Morgan fingerprint density at radius 1 is 1.12 bits per heavy atom. The van der Waals surface area contributed by atoms with Crippen LogP contribution >= 0.6 is 0 Å². The lowest BCUT2D eigenvalue weighted by molar-refractivity contribution is -0.129. The van der Waals surface area contributed by atoms with E-state index in [0.717, 1.165) is 5.56 Å². The zero-order valence-electron chi connectivity index (χ0n) is 18.5. The highest BCUT2D eigenvalue weighted by atomic mass is 16.6. The van der Waals surface area contributed by atoms with Crippen LogP contribution in [0.15, 0.2) is 54.1 Å². The van der Waals surface area contributed by atoms with Gasteiger partial charge in [-0.2, -0.15) is 5.26 Å². The first-order valence-electron chi connectivity index (χ1n) is 10.1. The highest BCUT2D eigenvalue weighted by Crippen LogP contribution is 2.29. The number of amides is 1. The quantitative estimate of drug-likeness (QED) is 0.276. The predicted molar refractivity (Wildman–Crippen MR) is 122 cm³/mol. The van der Waals surface area contributed by atoms with Gasteiger partial charge >= 0.3 is 5.97 Å². The van der Waals surface area contributed by atoms with Crippen LogP contribution in [0.5, 0.6) is 17.2 Å². The number of nitrogens with one attached hydrogen (secondary N) is 1. The summed E-state index contributed by atoms with van der Waals surface area (Å²) in [5.41, 5.74) is 1.27. The van der Waals surface area contributed by atoms with Gasteiger partial charge in [0.05, 0.1) is 13.7 Å². The van der Waals surface area contributed by atoms with E-state index in [0.29, 0.717) is 17.9 Å². The van der Waals surface area contributed by atoms with E-state index in [1.54, 1.807) is 24.3 Å². The van der Waals surface area contributed by atoms with Crippen LogP contribution in [-0.4, -0.2) is 31.6 Å². The molecule has 0 bridgehead atoms. The van der Waals surface area contributed by atoms with Gasteiger partial charge in [0.1, 0.15) is 17.4 Å². The topological polar surface area (TPSA) is 97.7 Å². The van der Waals surface area contributed by atoms with Crippen LogP contribution < -0.4 is 19.5 Å². The number of hydrogen-bond acceptors (Lipinski definition) is 6. The molecule has 166 valence electrons. The van der Waals surface area contributed by atoms with Gasteiger partial charge in [-0.1, -0.05) is 24.3 Å². The van der Waals surface area contributed by atoms with Crippen molar-refractivity contribution in [3.8, 4) is 23.3 Å². The van der Waals surface area contributed by atoms with Crippen LogP contribution in [0.3, 0.4) is 0 Å². The monoisotopic (exact) mass is 434 g/mol. The number of nitriles is 1. The molecule has 0 aromatic heterocycles. The molecule has 2 aromatic rings. The van der Waals surface area contributed by atoms with E-state index in [4.69, 9.17) is 14.2 Å². The normalized spacial score (nSPS) is 11.2. The molecule has 0 heterocycles. The van der Waals surface area contributed by atoms with Crippen molar-refractivity contribution in [2.45, 2.75) is 26.8 Å². The Labute approximate surface area is 187 Å². The van der Waals surface area contributed by atoms with E-state index >= 15 is 0 Å². The first-order chi connectivity index (χ1) is 15.4. The highest BCUT2D eigenvalue weighted by molar-refractivity contribution is 6.01. The summed E-state index contributed by atoms with van der Waals surface area (Å²) in [7, 11) is 1.44. The molecule has 1 amide bonds. The van der Waals surface area contributed by atoms with Crippen LogP contribution in [0.1, 0.15) is 31.9 Å². The third-order valence-corrected chi connectivity index (χ3v) is 4.11. The average molecular weight is 434 g/mol. The van der Waals surface area contributed by atoms with Crippen molar-refractivity contribution in [1.29, 1.82) is 5.26 Å². The molecule has 0 radical (unpaired) electrons. The van der Waals surface area contributed by atoms with E-state index < -0.39 is 11.9 Å². The molecule has 7 heteroatoms. The molecule has 32 heavy (non-hydrogen) atoms. The summed E-state index contributed by atoms with van der Waals surface area (Å²) in [6, 6.07) is 13.9. The fourth-order valence-corrected chi connectivity index (χ4v) is 2.72. The molecule has 1 N–H and O–H groups in total. The molecule has 0 aliphatic carbocycles. The third kappa shape index (κ3) is 7.03. The molecule has 0 aliphatic rings. The number of hydrogen-bond donors (Lipinski definition) is 1. The molecule has 0 unspecified atom stereocenters. The van der Waals surface area contributed by atoms with Gasteiger partial charge in [0.15, 0.2) is 11.5 Å². The summed E-state index contributed by atoms with van der Waals surface area (Å²) in [6.07, 6.45) is 4.36. The van der Waals surface area contributed by atoms with E-state index in [1.807, 2.05) is 51.1 Å². The first kappa shape index (κ1) is 24.2. The number of ether oxygens (including phenoxy) is 3. The van der Waals surface area contributed by atoms with E-state index in [9.17, 15) is 14.9 Å². The summed E-state index contributed by atoms with van der Waals surface area (Å²) in [5, 5.41) is 12.0. The second-order valence-corrected chi connectivity index (χ2v) is 6.93. The van der Waals surface area contributed by atoms with Gasteiger partial charge in [0.25, 0.3) is 5.91 Å². The summed E-state index contributed by atoms with van der Waals surface area (Å²) < 4.78 is 16.2. The minimum Gasteiger partial charge on any atom is -0.493 e. The van der Waals surface area contributed by atoms with Crippen LogP contribution in [0.2, 0.25) is 0 Å². The van der Waals surface area contributed by atoms with Gasteiger partial charge in [0.2, 0.25) is 0 Å². The highest BCUT2D eigenvalue weighted by Gasteiger charge is 2.13. The smallest absolute Gasteiger partial charge is 0.336 e. The SMILES string of the molecule is CCOc1ccccc1/C=C/C(=O)Oc1ccc(/C=C(\C#N)C(=O)NC(C)C)cc1OC. The lowest BCUT2D eigenvalue weighted by Crippen LogP contribution is -2.30. The van der Waals surface area contributed by atoms with Gasteiger partial charge < -0.3 is 19.5 Å². The van der Waals surface area contributed by atoms with Crippen molar-refractivity contribution in [2.24, 2.45) is 0 Å². The van der Waals surface area contributed by atoms with Gasteiger partial charge in [-0.05, 0) is 56.7 Å². The Morgan fingerprint density at radius 3 is 2.53 bits per heavy atom. The largest absolute Gasteiger partial charge is 0.493 e. The number of rotatable bonds is 9. The zero-order valence-corrected chi connectivity index (χ0v) is 18.5. The molecule has 7 nitrogen and oxygen atoms in total. The van der Waals surface area contributed by atoms with Crippen molar-refractivity contribution in [1.82, 2.24) is 5.32 Å². The molecule has 2 rings (SSSR count). The van der Waals surface area contributed by atoms with Crippen molar-refractivity contribution in [3.63, 3.8) is 0 Å². The third-order valence-electron chi connectivity index (χ3n) is 4.11. The second kappa shape index (κ2) is 12.0. The van der Waals surface area contributed by atoms with E-state index in [1.165, 1.54) is 19.3 Å². The van der Waals surface area contributed by atoms with Crippen LogP contribution in [0, 0.1) is 11.3 Å². The molecule has 0 aliphatic heterocycles. The lowest BCUT2D eigenvalue weighted by Gasteiger charge is -2.10. The maximum Gasteiger partial charge on any atom is 0.336 e. The Morgan fingerprint density at radius 2 is 1.88 bits per heavy atom. The molecule has 0 saturated carbocycles. The van der Waals surface area contributed by atoms with Crippen molar-refractivity contribution in [2.75, 3.05) is 13.7 Å². The van der Waals surface area contributed by atoms with Crippen molar-refractivity contribution < 1.29 is 23.8 Å². The van der Waals surface area contributed by atoms with Crippen molar-refractivity contribution >= 4 is 24.0 Å². The predicted octanol–water partition coefficient (Wildman–Crippen LogP) is 4.14. The van der Waals surface area contributed by atoms with E-state index in [2.05, 4.69) is 5.32 Å². The number of para-hydroxylation sites is 1. The van der Waals surface area contributed by atoms with Gasteiger partial charge in [-0.15, -0.1) is 0 Å². The average Bonchev–Trinajstić information content (AvgIpc) is 2.77. The van der Waals surface area contributed by atoms with Gasteiger partial charge in [0, 0.05) is 17.7 Å². The molecule has 2 aromatic carbocycles. The first-order valence-corrected chi connectivity index (χ1v) is 10.1. The maximum absolute atomic E-state index is 12.3. The second-order valence-electron chi connectivity index (χ2n) is 6.93. The Kier molecular flexibility index (Phi) is 9.05. The number of methoxy groups -OCH3 is 1. The van der Waals surface area contributed by atoms with E-state index in [-0.39, 0.29) is 23.1 Å². The van der Waals surface area contributed by atoms with Crippen LogP contribution in [0.25, 0.3) is 12.2 Å². The standard InChI is InChI=1S/C25H26N2O5/c1-5-31-21-9-7-6-8-19(21)11-13-24(28)32-22-12-10-18(15-23(22)30-4)14-20(16-26)25(29)27-17(2)3/h6-15,17H,5H2,1-4H3,(H,27,29)/b13-11+,20-14+. The van der Waals surface area contributed by atoms with Gasteiger partial charge in [-0.25, -0.2) is 4.79 Å². The fraction of sp³-hybridized carbons (Fsp3) is 0.240. The number of carbonyl (C=O) groups excluding carboxylic acids is 2. The summed E-state index contributed by atoms with van der Waals surface area (Å²) in [5.74, 6) is 0.114. The number of carbonyl (C=O) groups is 2. The Balaban J connectivity index is 2.18. The summed E-state index contributed by atoms with van der Waals surface area (Å²) in [4.78, 5) is 24.4. The minimum absolute atomic E-state index is 0.0404. The molecule has 0 fully saturated rings. The minimum atomic E-state index is -0.591. The molecule has 0 spiro atoms. The number of benzene rings is 2. The van der Waals surface area contributed by atoms with Crippen LogP contribution in [0.4, 0.5) is 0 Å².